The van der Waals surface area contributed by atoms with Gasteiger partial charge in [-0.2, -0.15) is 0 Å². The molecule has 3 heteroatoms. The van der Waals surface area contributed by atoms with Crippen LogP contribution in [0.5, 0.6) is 0 Å². The Hall–Kier alpha value is -0.120. The van der Waals surface area contributed by atoms with Gasteiger partial charge < -0.3 is 0 Å². The van der Waals surface area contributed by atoms with Crippen molar-refractivity contribution in [2.45, 2.75) is 25.8 Å². The van der Waals surface area contributed by atoms with Crippen LogP contribution < -0.4 is 0 Å². The van der Waals surface area contributed by atoms with Crippen LogP contribution in [0.25, 0.3) is 0 Å². The topological polar surface area (TPSA) is 21.7 Å². The molecule has 0 N–H and O–H groups in total. The van der Waals surface area contributed by atoms with Crippen LogP contribution in [-0.2, 0) is 9.68 Å². The summed E-state index contributed by atoms with van der Waals surface area (Å²) in [6.45, 7) is 4.94. The fourth-order valence-corrected chi connectivity index (χ4v) is 0.944. The first-order valence-corrected chi connectivity index (χ1v) is 3.14. The summed E-state index contributed by atoms with van der Waals surface area (Å²) in [7, 11) is 1.62. The van der Waals surface area contributed by atoms with Gasteiger partial charge in [-0.25, -0.2) is 0 Å². The van der Waals surface area contributed by atoms with Gasteiger partial charge in [-0.15, -0.1) is 0 Å². The highest BCUT2D eigenvalue weighted by Gasteiger charge is 2.33. The van der Waals surface area contributed by atoms with E-state index in [9.17, 15) is 0 Å². The van der Waals surface area contributed by atoms with E-state index in [2.05, 4.69) is 13.8 Å². The Bertz CT molecular complexity index is 103. The van der Waals surface area contributed by atoms with Crippen molar-refractivity contribution in [2.24, 2.45) is 0 Å². The Balaban J connectivity index is 2.52. The minimum Gasteiger partial charge on any atom is -0.277 e. The fourth-order valence-electron chi connectivity index (χ4n) is 0.944. The number of hydrogen-bond acceptors (Lipinski definition) is 3. The van der Waals surface area contributed by atoms with Crippen LogP contribution in [-0.4, -0.2) is 24.5 Å². The van der Waals surface area contributed by atoms with Crippen molar-refractivity contribution in [1.29, 1.82) is 0 Å². The number of hydrogen-bond donors (Lipinski definition) is 0. The lowest BCUT2D eigenvalue weighted by atomic mass is 10.0. The average molecular weight is 131 g/mol. The molecular formula is C6H13NO2. The quantitative estimate of drug-likeness (QED) is 0.529. The van der Waals surface area contributed by atoms with Crippen molar-refractivity contribution in [3.63, 3.8) is 0 Å². The molecule has 1 rings (SSSR count). The number of nitrogens with zero attached hydrogens (tertiary/aromatic N) is 1. The van der Waals surface area contributed by atoms with E-state index in [1.54, 1.807) is 12.3 Å². The van der Waals surface area contributed by atoms with Crippen LogP contribution >= 0.6 is 0 Å². The van der Waals surface area contributed by atoms with Gasteiger partial charge in [-0.3, -0.25) is 9.68 Å². The molecule has 0 unspecified atom stereocenters. The van der Waals surface area contributed by atoms with Gasteiger partial charge in [0, 0.05) is 0 Å². The number of hydroxylamine groups is 2. The van der Waals surface area contributed by atoms with Crippen LogP contribution in [0.1, 0.15) is 20.3 Å². The van der Waals surface area contributed by atoms with Gasteiger partial charge in [-0.1, -0.05) is 5.23 Å². The third-order valence-corrected chi connectivity index (χ3v) is 1.58. The summed E-state index contributed by atoms with van der Waals surface area (Å²) in [4.78, 5) is 10.1. The molecule has 1 heterocycles. The summed E-state index contributed by atoms with van der Waals surface area (Å²) >= 11 is 0. The van der Waals surface area contributed by atoms with Crippen LogP contribution in [0.15, 0.2) is 0 Å². The smallest absolute Gasteiger partial charge is 0.0731 e. The molecule has 0 spiro atoms. The Morgan fingerprint density at radius 1 is 1.56 bits per heavy atom. The van der Waals surface area contributed by atoms with E-state index in [4.69, 9.17) is 9.68 Å². The van der Waals surface area contributed by atoms with E-state index in [-0.39, 0.29) is 5.54 Å². The lowest BCUT2D eigenvalue weighted by Crippen LogP contribution is -2.35. The van der Waals surface area contributed by atoms with E-state index in [0.29, 0.717) is 0 Å². The van der Waals surface area contributed by atoms with Crippen molar-refractivity contribution in [3.8, 4) is 0 Å². The molecule has 9 heavy (non-hydrogen) atoms. The van der Waals surface area contributed by atoms with Crippen molar-refractivity contribution < 1.29 is 9.68 Å². The summed E-state index contributed by atoms with van der Waals surface area (Å²) < 4.78 is 0. The van der Waals surface area contributed by atoms with E-state index in [0.717, 1.165) is 13.0 Å². The lowest BCUT2D eigenvalue weighted by molar-refractivity contribution is -0.362. The minimum atomic E-state index is 0.0503. The van der Waals surface area contributed by atoms with Crippen LogP contribution in [0.4, 0.5) is 0 Å². The van der Waals surface area contributed by atoms with Gasteiger partial charge in [-0.05, 0) is 20.3 Å². The standard InChI is InChI=1S/C6H13NO2/c1-6(2)4-5-9-7(6)8-3/h4-5H2,1-3H3. The Labute approximate surface area is 55.5 Å². The van der Waals surface area contributed by atoms with Gasteiger partial charge >= 0.3 is 0 Å². The molecule has 0 amide bonds. The zero-order valence-electron chi connectivity index (χ0n) is 6.18. The Morgan fingerprint density at radius 2 is 2.22 bits per heavy atom. The number of rotatable bonds is 1. The highest BCUT2D eigenvalue weighted by Crippen LogP contribution is 2.25. The third kappa shape index (κ3) is 1.23. The summed E-state index contributed by atoms with van der Waals surface area (Å²) in [5, 5.41) is 1.55. The monoisotopic (exact) mass is 131 g/mol. The molecule has 0 aromatic carbocycles. The predicted molar refractivity (Wildman–Crippen MR) is 33.5 cm³/mol. The van der Waals surface area contributed by atoms with E-state index in [1.807, 2.05) is 0 Å². The first-order chi connectivity index (χ1) is 4.17. The van der Waals surface area contributed by atoms with Crippen molar-refractivity contribution in [1.82, 2.24) is 5.23 Å². The Morgan fingerprint density at radius 3 is 2.44 bits per heavy atom. The van der Waals surface area contributed by atoms with Gasteiger partial charge in [0.25, 0.3) is 0 Å². The van der Waals surface area contributed by atoms with E-state index < -0.39 is 0 Å². The third-order valence-electron chi connectivity index (χ3n) is 1.58. The van der Waals surface area contributed by atoms with Gasteiger partial charge in [0.15, 0.2) is 0 Å². The molecule has 0 atom stereocenters. The van der Waals surface area contributed by atoms with Crippen LogP contribution in [0.3, 0.4) is 0 Å². The second-order valence-corrected chi connectivity index (χ2v) is 2.84. The molecule has 0 radical (unpaired) electrons. The minimum absolute atomic E-state index is 0.0503. The lowest BCUT2D eigenvalue weighted by Gasteiger charge is -2.25. The highest BCUT2D eigenvalue weighted by atomic mass is 17.0. The first kappa shape index (κ1) is 6.99. The molecule has 0 aromatic rings. The Kier molecular flexibility index (Phi) is 1.75. The van der Waals surface area contributed by atoms with Crippen LogP contribution in [0, 0.1) is 0 Å². The molecule has 0 saturated carbocycles. The zero-order chi connectivity index (χ0) is 6.91. The second-order valence-electron chi connectivity index (χ2n) is 2.84. The molecule has 0 bridgehead atoms. The molecule has 54 valence electrons. The van der Waals surface area contributed by atoms with Gasteiger partial charge in [0.1, 0.15) is 0 Å². The molecule has 1 saturated heterocycles. The van der Waals surface area contributed by atoms with Crippen LogP contribution in [0.2, 0.25) is 0 Å². The molecule has 1 aliphatic heterocycles. The highest BCUT2D eigenvalue weighted by molar-refractivity contribution is 4.75. The maximum Gasteiger partial charge on any atom is 0.0731 e. The molecule has 1 aliphatic rings. The zero-order valence-corrected chi connectivity index (χ0v) is 6.18. The molecule has 3 nitrogen and oxygen atoms in total. The van der Waals surface area contributed by atoms with Gasteiger partial charge in [0.05, 0.1) is 19.3 Å². The van der Waals surface area contributed by atoms with Gasteiger partial charge in [0.2, 0.25) is 0 Å². The van der Waals surface area contributed by atoms with Crippen molar-refractivity contribution in [2.75, 3.05) is 13.7 Å². The summed E-state index contributed by atoms with van der Waals surface area (Å²) in [6, 6.07) is 0. The summed E-state index contributed by atoms with van der Waals surface area (Å²) in [6.07, 6.45) is 1.03. The maximum absolute atomic E-state index is 5.13. The fraction of sp³-hybridized carbons (Fsp3) is 1.00. The molecule has 0 aromatic heterocycles. The normalized spacial score (nSPS) is 27.0. The molecule has 1 fully saturated rings. The summed E-state index contributed by atoms with van der Waals surface area (Å²) in [5.41, 5.74) is 0.0503. The molecular weight excluding hydrogens is 118 g/mol. The molecule has 0 aliphatic carbocycles. The van der Waals surface area contributed by atoms with Crippen molar-refractivity contribution >= 4 is 0 Å². The van der Waals surface area contributed by atoms with Crippen molar-refractivity contribution in [3.05, 3.63) is 0 Å². The second kappa shape index (κ2) is 2.25. The maximum atomic E-state index is 5.13. The largest absolute Gasteiger partial charge is 0.277 e. The average Bonchev–Trinajstić information content (AvgIpc) is 2.08. The summed E-state index contributed by atoms with van der Waals surface area (Å²) in [5.74, 6) is 0. The van der Waals surface area contributed by atoms with E-state index >= 15 is 0 Å². The SMILES string of the molecule is CON1OCCC1(C)C. The van der Waals surface area contributed by atoms with E-state index in [1.165, 1.54) is 0 Å². The predicted octanol–water partition coefficient (Wildman–Crippen LogP) is 0.964. The first-order valence-electron chi connectivity index (χ1n) is 3.14.